The number of phosphoric acid groups is 1. The Kier molecular flexibility index (Phi) is 29.2. The zero-order chi connectivity index (χ0) is 40.9. The molecular formula is C41H74NO12P. The van der Waals surface area contributed by atoms with Crippen LogP contribution in [0.5, 0.6) is 0 Å². The molecule has 8 atom stereocenters. The summed E-state index contributed by atoms with van der Waals surface area (Å²) >= 11 is 0. The van der Waals surface area contributed by atoms with Crippen molar-refractivity contribution >= 4 is 13.7 Å². The molecule has 9 N–H and O–H groups in total. The third kappa shape index (κ3) is 23.9. The second kappa shape index (κ2) is 31.3. The molecule has 0 spiro atoms. The van der Waals surface area contributed by atoms with Gasteiger partial charge in [-0.1, -0.05) is 120 Å². The van der Waals surface area contributed by atoms with Gasteiger partial charge in [0, 0.05) is 0 Å². The monoisotopic (exact) mass is 803 g/mol. The minimum absolute atomic E-state index is 0.263. The summed E-state index contributed by atoms with van der Waals surface area (Å²) in [5.74, 6) is -0.617. The third-order valence-electron chi connectivity index (χ3n) is 9.61. The average Bonchev–Trinajstić information content (AvgIpc) is 3.15. The molecule has 55 heavy (non-hydrogen) atoms. The van der Waals surface area contributed by atoms with Gasteiger partial charge >= 0.3 is 7.82 Å². The van der Waals surface area contributed by atoms with E-state index in [9.17, 15) is 50.0 Å². The predicted octanol–water partition coefficient (Wildman–Crippen LogP) is 5.58. The smallest absolute Gasteiger partial charge is 0.393 e. The van der Waals surface area contributed by atoms with Gasteiger partial charge in [0.05, 0.1) is 31.3 Å². The molecule has 8 unspecified atom stereocenters. The van der Waals surface area contributed by atoms with Crippen molar-refractivity contribution in [3.8, 4) is 0 Å². The number of unbranched alkanes of at least 4 members (excludes halogenated alkanes) is 13. The number of nitrogens with one attached hydrogen (secondary N) is 1. The van der Waals surface area contributed by atoms with E-state index in [1.165, 1.54) is 44.6 Å². The van der Waals surface area contributed by atoms with Crippen molar-refractivity contribution in [1.29, 1.82) is 0 Å². The van der Waals surface area contributed by atoms with Gasteiger partial charge in [-0.3, -0.25) is 13.8 Å². The number of phosphoric ester groups is 1. The molecular weight excluding hydrogens is 729 g/mol. The van der Waals surface area contributed by atoms with E-state index < -0.39 is 75.2 Å². The molecule has 0 radical (unpaired) electrons. The molecule has 0 aromatic heterocycles. The second-order valence-corrected chi connectivity index (χ2v) is 16.0. The number of aliphatic hydroxyl groups excluding tert-OH is 7. The van der Waals surface area contributed by atoms with Gasteiger partial charge in [0.2, 0.25) is 5.91 Å². The van der Waals surface area contributed by atoms with Gasteiger partial charge in [0.1, 0.15) is 36.6 Å². The number of carbonyl (C=O) groups is 1. The summed E-state index contributed by atoms with van der Waals surface area (Å²) in [6.45, 7) is 3.62. The SMILES string of the molecule is CCCC/C=C/CC/C=C/CC/C=C/C(O)C(COP(=O)(O)OC1C(O)C(O)C(O)C(O)C1O)NC(=O)CC(O)CCCCCCC/C=C\CCCCCC. The minimum atomic E-state index is -5.15. The highest BCUT2D eigenvalue weighted by molar-refractivity contribution is 7.47. The molecule has 0 bridgehead atoms. The summed E-state index contributed by atoms with van der Waals surface area (Å²) < 4.78 is 22.7. The van der Waals surface area contributed by atoms with Crippen molar-refractivity contribution in [2.24, 2.45) is 0 Å². The van der Waals surface area contributed by atoms with E-state index in [1.54, 1.807) is 6.08 Å². The van der Waals surface area contributed by atoms with E-state index in [1.807, 2.05) is 6.08 Å². The number of rotatable bonds is 32. The van der Waals surface area contributed by atoms with Crippen LogP contribution in [0.4, 0.5) is 0 Å². The molecule has 0 aliphatic heterocycles. The molecule has 1 fully saturated rings. The third-order valence-corrected chi connectivity index (χ3v) is 10.6. The maximum atomic E-state index is 12.9. The largest absolute Gasteiger partial charge is 0.472 e. The summed E-state index contributed by atoms with van der Waals surface area (Å²) in [4.78, 5) is 23.3. The lowest BCUT2D eigenvalue weighted by atomic mass is 9.85. The lowest BCUT2D eigenvalue weighted by Gasteiger charge is -2.41. The van der Waals surface area contributed by atoms with E-state index in [-0.39, 0.29) is 6.42 Å². The van der Waals surface area contributed by atoms with Crippen LogP contribution in [0.3, 0.4) is 0 Å². The Morgan fingerprint density at radius 3 is 1.65 bits per heavy atom. The molecule has 1 saturated carbocycles. The fourth-order valence-electron chi connectivity index (χ4n) is 6.13. The highest BCUT2D eigenvalue weighted by atomic mass is 31.2. The summed E-state index contributed by atoms with van der Waals surface area (Å²) in [5, 5.41) is 74.1. The topological polar surface area (TPSA) is 226 Å². The van der Waals surface area contributed by atoms with E-state index in [2.05, 4.69) is 49.5 Å². The molecule has 0 aromatic carbocycles. The van der Waals surface area contributed by atoms with Crippen LogP contribution in [0, 0.1) is 0 Å². The number of hydrogen-bond donors (Lipinski definition) is 9. The number of allylic oxidation sites excluding steroid dienone is 7. The first-order valence-electron chi connectivity index (χ1n) is 20.7. The summed E-state index contributed by atoms with van der Waals surface area (Å²) in [7, 11) is -5.15. The highest BCUT2D eigenvalue weighted by Crippen LogP contribution is 2.47. The van der Waals surface area contributed by atoms with E-state index in [0.717, 1.165) is 64.2 Å². The molecule has 14 heteroatoms. The van der Waals surface area contributed by atoms with Crippen LogP contribution in [0.2, 0.25) is 0 Å². The Morgan fingerprint density at radius 2 is 1.09 bits per heavy atom. The Hall–Kier alpha value is -1.74. The van der Waals surface area contributed by atoms with Crippen LogP contribution in [-0.2, 0) is 18.4 Å². The van der Waals surface area contributed by atoms with Crippen LogP contribution in [-0.4, -0.2) is 108 Å². The maximum Gasteiger partial charge on any atom is 0.472 e. The normalized spacial score (nSPS) is 24.9. The quantitative estimate of drug-likeness (QED) is 0.0231. The molecule has 0 heterocycles. The molecule has 1 aliphatic rings. The zero-order valence-electron chi connectivity index (χ0n) is 33.3. The van der Waals surface area contributed by atoms with Crippen LogP contribution < -0.4 is 5.32 Å². The van der Waals surface area contributed by atoms with Crippen LogP contribution >= 0.6 is 7.82 Å². The number of amides is 1. The Balaban J connectivity index is 2.66. The van der Waals surface area contributed by atoms with Crippen LogP contribution in [0.25, 0.3) is 0 Å². The van der Waals surface area contributed by atoms with E-state index >= 15 is 0 Å². The predicted molar refractivity (Wildman–Crippen MR) is 215 cm³/mol. The summed E-state index contributed by atoms with van der Waals surface area (Å²) in [6.07, 6.45) is 20.8. The molecule has 1 amide bonds. The fraction of sp³-hybridized carbons (Fsp3) is 0.780. The molecule has 320 valence electrons. The van der Waals surface area contributed by atoms with Gasteiger partial charge in [-0.25, -0.2) is 4.57 Å². The molecule has 0 saturated heterocycles. The van der Waals surface area contributed by atoms with Crippen molar-refractivity contribution in [3.05, 3.63) is 48.6 Å². The zero-order valence-corrected chi connectivity index (χ0v) is 34.2. The van der Waals surface area contributed by atoms with Crippen LogP contribution in [0.1, 0.15) is 142 Å². The van der Waals surface area contributed by atoms with E-state index in [0.29, 0.717) is 19.3 Å². The van der Waals surface area contributed by atoms with Crippen molar-refractivity contribution < 1.29 is 59.0 Å². The standard InChI is InChI=1S/C41H74NO12P/c1-3-5-7-9-11-13-15-17-18-20-22-24-26-28-32(43)30-35(45)42-33(34(44)29-27-25-23-21-19-16-14-12-10-8-6-4-2)31-53-55(51,52)54-41-39(49)37(47)36(46)38(48)40(41)50/h10,12-13,15,19,21,27,29,32-34,36-41,43-44,46-50H,3-9,11,14,16-18,20,22-26,28,30-31H2,1-2H3,(H,42,45)(H,51,52)/b12-10+,15-13-,21-19+,29-27+. The second-order valence-electron chi connectivity index (χ2n) is 14.6. The van der Waals surface area contributed by atoms with Gasteiger partial charge in [0.25, 0.3) is 0 Å². The fourth-order valence-corrected chi connectivity index (χ4v) is 7.10. The average molecular weight is 804 g/mol. The van der Waals surface area contributed by atoms with Crippen molar-refractivity contribution in [1.82, 2.24) is 5.32 Å². The first-order chi connectivity index (χ1) is 26.3. The maximum absolute atomic E-state index is 12.9. The Morgan fingerprint density at radius 1 is 0.636 bits per heavy atom. The van der Waals surface area contributed by atoms with Crippen molar-refractivity contribution in [3.63, 3.8) is 0 Å². The van der Waals surface area contributed by atoms with Gasteiger partial charge < -0.3 is 46.0 Å². The Bertz CT molecular complexity index is 1130. The van der Waals surface area contributed by atoms with Gasteiger partial charge in [-0.15, -0.1) is 0 Å². The van der Waals surface area contributed by atoms with E-state index in [4.69, 9.17) is 9.05 Å². The minimum Gasteiger partial charge on any atom is -0.393 e. The van der Waals surface area contributed by atoms with Gasteiger partial charge in [-0.05, 0) is 64.2 Å². The van der Waals surface area contributed by atoms with Crippen LogP contribution in [0.15, 0.2) is 48.6 Å². The molecule has 1 rings (SSSR count). The lowest BCUT2D eigenvalue weighted by molar-refractivity contribution is -0.220. The molecule has 0 aromatic rings. The Labute approximate surface area is 329 Å². The lowest BCUT2D eigenvalue weighted by Crippen LogP contribution is -2.64. The number of aliphatic hydroxyl groups is 7. The highest BCUT2D eigenvalue weighted by Gasteiger charge is 2.51. The first-order valence-corrected chi connectivity index (χ1v) is 22.2. The molecule has 1 aliphatic carbocycles. The first kappa shape index (κ1) is 51.3. The molecule has 13 nitrogen and oxygen atoms in total. The van der Waals surface area contributed by atoms with Gasteiger partial charge in [0.15, 0.2) is 0 Å². The summed E-state index contributed by atoms with van der Waals surface area (Å²) in [5.41, 5.74) is 0. The number of hydrogen-bond acceptors (Lipinski definition) is 11. The number of carbonyl (C=O) groups excluding carboxylic acids is 1. The van der Waals surface area contributed by atoms with Gasteiger partial charge in [-0.2, -0.15) is 0 Å². The van der Waals surface area contributed by atoms with Crippen molar-refractivity contribution in [2.75, 3.05) is 6.61 Å². The van der Waals surface area contributed by atoms with Crippen molar-refractivity contribution in [2.45, 2.75) is 197 Å². The summed E-state index contributed by atoms with van der Waals surface area (Å²) in [6, 6.07) is -1.26.